The van der Waals surface area contributed by atoms with Crippen LogP contribution in [0.5, 0.6) is 0 Å². The van der Waals surface area contributed by atoms with E-state index in [9.17, 15) is 0 Å². The standard InChI is InChI=1S/C7H16N2OS/c1-5(2)6(8)7(11)10-9(3)4/h5-6H,8H2,1-4H3/t6-/m0/s1. The normalized spacial score (nSPS) is 13.7. The molecule has 0 rings (SSSR count). The average molecular weight is 176 g/mol. The van der Waals surface area contributed by atoms with Crippen molar-refractivity contribution in [3.8, 4) is 0 Å². The Kier molecular flexibility index (Phi) is 4.56. The summed E-state index contributed by atoms with van der Waals surface area (Å²) in [5.74, 6) is 0.322. The van der Waals surface area contributed by atoms with Crippen LogP contribution in [0, 0.1) is 5.92 Å². The Balaban J connectivity index is 3.83. The van der Waals surface area contributed by atoms with Crippen LogP contribution in [0.3, 0.4) is 0 Å². The molecule has 0 aliphatic rings. The second-order valence-electron chi connectivity index (χ2n) is 2.99. The molecule has 0 spiro atoms. The summed E-state index contributed by atoms with van der Waals surface area (Å²) in [7, 11) is 3.55. The Labute approximate surface area is 73.5 Å². The summed E-state index contributed by atoms with van der Waals surface area (Å²) >= 11 is 4.94. The third-order valence-corrected chi connectivity index (χ3v) is 1.61. The molecule has 0 bridgehead atoms. The van der Waals surface area contributed by atoms with E-state index in [0.717, 1.165) is 0 Å². The molecule has 0 heterocycles. The van der Waals surface area contributed by atoms with Crippen molar-refractivity contribution in [3.63, 3.8) is 0 Å². The van der Waals surface area contributed by atoms with E-state index in [1.54, 1.807) is 19.2 Å². The maximum Gasteiger partial charge on any atom is 0.204 e. The maximum absolute atomic E-state index is 5.72. The van der Waals surface area contributed by atoms with Gasteiger partial charge in [-0.2, -0.15) is 0 Å². The van der Waals surface area contributed by atoms with Gasteiger partial charge in [0.15, 0.2) is 0 Å². The summed E-state index contributed by atoms with van der Waals surface area (Å²) in [6.07, 6.45) is 0. The lowest BCUT2D eigenvalue weighted by Crippen LogP contribution is -2.38. The third-order valence-electron chi connectivity index (χ3n) is 1.26. The van der Waals surface area contributed by atoms with Crippen molar-refractivity contribution in [2.75, 3.05) is 14.1 Å². The molecule has 1 atom stereocenters. The molecule has 0 unspecified atom stereocenters. The first-order valence-electron chi connectivity index (χ1n) is 3.60. The maximum atomic E-state index is 5.72. The van der Waals surface area contributed by atoms with Crippen molar-refractivity contribution in [1.82, 2.24) is 5.06 Å². The fourth-order valence-electron chi connectivity index (χ4n) is 0.513. The van der Waals surface area contributed by atoms with Gasteiger partial charge in [0.05, 0.1) is 6.04 Å². The molecule has 0 aromatic rings. The highest BCUT2D eigenvalue weighted by Gasteiger charge is 2.15. The lowest BCUT2D eigenvalue weighted by molar-refractivity contribution is -0.0203. The van der Waals surface area contributed by atoms with Crippen LogP contribution in [0.1, 0.15) is 13.8 Å². The van der Waals surface area contributed by atoms with Crippen LogP contribution in [-0.4, -0.2) is 30.3 Å². The van der Waals surface area contributed by atoms with E-state index in [0.29, 0.717) is 11.0 Å². The Bertz CT molecular complexity index is 136. The second kappa shape index (κ2) is 4.64. The average Bonchev–Trinajstić information content (AvgIpc) is 1.84. The molecule has 0 aromatic carbocycles. The molecule has 0 aromatic heterocycles. The molecule has 0 fully saturated rings. The summed E-state index contributed by atoms with van der Waals surface area (Å²) in [5.41, 5.74) is 5.72. The van der Waals surface area contributed by atoms with Crippen molar-refractivity contribution in [2.24, 2.45) is 11.7 Å². The molecule has 0 saturated carbocycles. The lowest BCUT2D eigenvalue weighted by atomic mass is 10.1. The molecular formula is C7H16N2OS. The van der Waals surface area contributed by atoms with Gasteiger partial charge in [-0.25, -0.2) is 0 Å². The predicted octanol–water partition coefficient (Wildman–Crippen LogP) is 0.790. The van der Waals surface area contributed by atoms with Gasteiger partial charge in [-0.05, 0) is 18.1 Å². The Morgan fingerprint density at radius 2 is 1.91 bits per heavy atom. The number of hydroxylamine groups is 2. The monoisotopic (exact) mass is 176 g/mol. The highest BCUT2D eigenvalue weighted by molar-refractivity contribution is 7.80. The van der Waals surface area contributed by atoms with Gasteiger partial charge in [-0.15, -0.1) is 5.06 Å². The largest absolute Gasteiger partial charge is 0.398 e. The van der Waals surface area contributed by atoms with Gasteiger partial charge in [-0.1, -0.05) is 13.8 Å². The van der Waals surface area contributed by atoms with Gasteiger partial charge in [0.25, 0.3) is 0 Å². The summed E-state index contributed by atoms with van der Waals surface area (Å²) in [4.78, 5) is 5.11. The second-order valence-corrected chi connectivity index (χ2v) is 3.39. The third kappa shape index (κ3) is 4.29. The van der Waals surface area contributed by atoms with E-state index in [2.05, 4.69) is 0 Å². The molecule has 4 heteroatoms. The molecule has 2 N–H and O–H groups in total. The summed E-state index contributed by atoms with van der Waals surface area (Å²) in [6.45, 7) is 4.02. The van der Waals surface area contributed by atoms with Crippen molar-refractivity contribution < 1.29 is 4.84 Å². The van der Waals surface area contributed by atoms with Gasteiger partial charge >= 0.3 is 0 Å². The number of nitrogens with two attached hydrogens (primary N) is 1. The van der Waals surface area contributed by atoms with Gasteiger partial charge in [0.2, 0.25) is 5.05 Å². The van der Waals surface area contributed by atoms with Crippen molar-refractivity contribution in [3.05, 3.63) is 0 Å². The fourth-order valence-corrected chi connectivity index (χ4v) is 0.934. The number of hydrogen-bond acceptors (Lipinski definition) is 4. The van der Waals surface area contributed by atoms with Gasteiger partial charge < -0.3 is 10.6 Å². The SMILES string of the molecule is CC(C)[C@H](N)C(=S)ON(C)C. The summed E-state index contributed by atoms with van der Waals surface area (Å²) in [5, 5.41) is 2.00. The minimum atomic E-state index is -0.160. The van der Waals surface area contributed by atoms with Crippen LogP contribution < -0.4 is 5.73 Å². The van der Waals surface area contributed by atoms with Crippen molar-refractivity contribution >= 4 is 17.3 Å². The van der Waals surface area contributed by atoms with Gasteiger partial charge in [0, 0.05) is 14.1 Å². The minimum absolute atomic E-state index is 0.160. The van der Waals surface area contributed by atoms with E-state index < -0.39 is 0 Å². The molecule has 0 radical (unpaired) electrons. The fraction of sp³-hybridized carbons (Fsp3) is 0.857. The predicted molar refractivity (Wildman–Crippen MR) is 50.2 cm³/mol. The Morgan fingerprint density at radius 3 is 2.18 bits per heavy atom. The molecule has 3 nitrogen and oxygen atoms in total. The quantitative estimate of drug-likeness (QED) is 0.510. The first-order chi connectivity index (χ1) is 4.95. The van der Waals surface area contributed by atoms with Crippen LogP contribution in [0.25, 0.3) is 0 Å². The van der Waals surface area contributed by atoms with Gasteiger partial charge in [-0.3, -0.25) is 0 Å². The van der Waals surface area contributed by atoms with Gasteiger partial charge in [0.1, 0.15) is 0 Å². The highest BCUT2D eigenvalue weighted by Crippen LogP contribution is 2.02. The minimum Gasteiger partial charge on any atom is -0.398 e. The van der Waals surface area contributed by atoms with Crippen LogP contribution in [-0.2, 0) is 4.84 Å². The number of rotatable bonds is 3. The number of hydrogen-bond donors (Lipinski definition) is 1. The van der Waals surface area contributed by atoms with E-state index in [1.165, 1.54) is 0 Å². The molecule has 0 saturated heterocycles. The number of thiocarbonyl (C=S) groups is 1. The van der Waals surface area contributed by atoms with E-state index in [4.69, 9.17) is 22.8 Å². The molecule has 0 amide bonds. The summed E-state index contributed by atoms with van der Waals surface area (Å²) in [6, 6.07) is -0.160. The zero-order valence-electron chi connectivity index (χ0n) is 7.50. The zero-order chi connectivity index (χ0) is 9.02. The molecule has 66 valence electrons. The molecule has 11 heavy (non-hydrogen) atoms. The summed E-state index contributed by atoms with van der Waals surface area (Å²) < 4.78 is 0. The Morgan fingerprint density at radius 1 is 1.45 bits per heavy atom. The molecule has 0 aliphatic carbocycles. The van der Waals surface area contributed by atoms with E-state index in [-0.39, 0.29) is 6.04 Å². The van der Waals surface area contributed by atoms with Crippen LogP contribution >= 0.6 is 12.2 Å². The van der Waals surface area contributed by atoms with Crippen molar-refractivity contribution in [2.45, 2.75) is 19.9 Å². The lowest BCUT2D eigenvalue weighted by Gasteiger charge is -2.19. The first kappa shape index (κ1) is 10.8. The van der Waals surface area contributed by atoms with Crippen LogP contribution in [0.15, 0.2) is 0 Å². The van der Waals surface area contributed by atoms with Crippen molar-refractivity contribution in [1.29, 1.82) is 0 Å². The highest BCUT2D eigenvalue weighted by atomic mass is 32.1. The smallest absolute Gasteiger partial charge is 0.204 e. The van der Waals surface area contributed by atoms with Crippen LogP contribution in [0.4, 0.5) is 0 Å². The molecule has 0 aliphatic heterocycles. The Hall–Kier alpha value is -0.190. The van der Waals surface area contributed by atoms with Crippen LogP contribution in [0.2, 0.25) is 0 Å². The first-order valence-corrected chi connectivity index (χ1v) is 4.00. The zero-order valence-corrected chi connectivity index (χ0v) is 8.31. The molecular weight excluding hydrogens is 160 g/mol. The van der Waals surface area contributed by atoms with E-state index in [1.807, 2.05) is 13.8 Å². The van der Waals surface area contributed by atoms with E-state index >= 15 is 0 Å². The topological polar surface area (TPSA) is 38.5 Å². The number of nitrogens with zero attached hydrogens (tertiary/aromatic N) is 1.